The fourth-order valence-electron chi connectivity index (χ4n) is 4.53. The molecule has 11 heteroatoms. The summed E-state index contributed by atoms with van der Waals surface area (Å²) in [5.74, 6) is -4.89. The van der Waals surface area contributed by atoms with Gasteiger partial charge in [-0.1, -0.05) is 19.1 Å². The molecule has 2 heterocycles. The largest absolute Gasteiger partial charge is 0.331 e. The summed E-state index contributed by atoms with van der Waals surface area (Å²) in [6.07, 6.45) is 0.846. The highest BCUT2D eigenvalue weighted by Gasteiger charge is 2.60. The van der Waals surface area contributed by atoms with Crippen LogP contribution in [0, 0.1) is 25.1 Å². The minimum Gasteiger partial charge on any atom is -0.331 e. The number of carbonyl (C=O) groups excluding carboxylic acids is 1. The molecule has 0 unspecified atom stereocenters. The van der Waals surface area contributed by atoms with Gasteiger partial charge < -0.3 is 4.90 Å². The molecule has 1 amide bonds. The third-order valence-corrected chi connectivity index (χ3v) is 8.19. The molecule has 2 atom stereocenters. The third-order valence-electron chi connectivity index (χ3n) is 6.82. The SMILES string of the molecule is CCS(=O)(=O)N[C@@H]1[C@H](Cc2cccc(-c3nc(C)cc(C)n3)c2F)N(C(=O)C2(C)CC2)CC1(F)F. The molecule has 1 aliphatic carbocycles. The van der Waals surface area contributed by atoms with Gasteiger partial charge in [0.25, 0.3) is 5.92 Å². The normalized spacial score (nSPS) is 22.9. The standard InChI is InChI=1S/C24H29F3N4O3S/c1-5-35(33,34)30-20-18(31(13-24(20,26)27)22(32)23(4)9-10-23)12-16-7-6-8-17(19(16)25)21-28-14(2)11-15(3)29-21/h6-8,11,18,20,30H,5,9-10,12-13H2,1-4H3/t18-,20+/m0/s1. The fourth-order valence-corrected chi connectivity index (χ4v) is 5.41. The van der Waals surface area contributed by atoms with Crippen molar-refractivity contribution in [2.75, 3.05) is 12.3 Å². The van der Waals surface area contributed by atoms with Gasteiger partial charge in [0.1, 0.15) is 11.9 Å². The average molecular weight is 511 g/mol. The summed E-state index contributed by atoms with van der Waals surface area (Å²) in [5, 5.41) is 0. The van der Waals surface area contributed by atoms with E-state index in [1.54, 1.807) is 32.9 Å². The van der Waals surface area contributed by atoms with E-state index in [0.717, 1.165) is 4.90 Å². The van der Waals surface area contributed by atoms with Crippen LogP contribution in [0.15, 0.2) is 24.3 Å². The topological polar surface area (TPSA) is 92.3 Å². The number of aryl methyl sites for hydroxylation is 2. The van der Waals surface area contributed by atoms with Crippen LogP contribution in [-0.4, -0.2) is 59.5 Å². The van der Waals surface area contributed by atoms with Crippen molar-refractivity contribution in [3.05, 3.63) is 47.0 Å². The Morgan fingerprint density at radius 3 is 2.40 bits per heavy atom. The van der Waals surface area contributed by atoms with Gasteiger partial charge in [0.2, 0.25) is 15.9 Å². The summed E-state index contributed by atoms with van der Waals surface area (Å²) in [5.41, 5.74) is 0.733. The lowest BCUT2D eigenvalue weighted by molar-refractivity contribution is -0.138. The van der Waals surface area contributed by atoms with Gasteiger partial charge in [-0.2, -0.15) is 0 Å². The number of alkyl halides is 2. The lowest BCUT2D eigenvalue weighted by Gasteiger charge is -2.30. The van der Waals surface area contributed by atoms with Crippen LogP contribution >= 0.6 is 0 Å². The summed E-state index contributed by atoms with van der Waals surface area (Å²) >= 11 is 0. The van der Waals surface area contributed by atoms with Gasteiger partial charge in [0, 0.05) is 16.8 Å². The number of hydrogen-bond acceptors (Lipinski definition) is 5. The lowest BCUT2D eigenvalue weighted by Crippen LogP contribution is -2.53. The Morgan fingerprint density at radius 2 is 1.83 bits per heavy atom. The molecule has 1 saturated heterocycles. The fraction of sp³-hybridized carbons (Fsp3) is 0.542. The Morgan fingerprint density at radius 1 is 1.20 bits per heavy atom. The molecule has 1 aliphatic heterocycles. The molecule has 0 bridgehead atoms. The summed E-state index contributed by atoms with van der Waals surface area (Å²) < 4.78 is 72.6. The number of rotatable bonds is 7. The van der Waals surface area contributed by atoms with E-state index in [0.29, 0.717) is 24.2 Å². The Hall–Kier alpha value is -2.53. The monoisotopic (exact) mass is 510 g/mol. The molecule has 1 saturated carbocycles. The molecule has 4 rings (SSSR count). The maximum Gasteiger partial charge on any atom is 0.283 e. The quantitative estimate of drug-likeness (QED) is 0.617. The average Bonchev–Trinajstić information content (AvgIpc) is 3.47. The zero-order valence-electron chi connectivity index (χ0n) is 20.1. The second-order valence-corrected chi connectivity index (χ2v) is 11.8. The van der Waals surface area contributed by atoms with Crippen LogP contribution in [0.4, 0.5) is 13.2 Å². The van der Waals surface area contributed by atoms with E-state index in [4.69, 9.17) is 0 Å². The molecule has 1 N–H and O–H groups in total. The summed E-state index contributed by atoms with van der Waals surface area (Å²) in [6, 6.07) is 3.13. The molecule has 0 radical (unpaired) electrons. The number of hydrogen-bond donors (Lipinski definition) is 1. The van der Waals surface area contributed by atoms with Gasteiger partial charge >= 0.3 is 0 Å². The van der Waals surface area contributed by atoms with Gasteiger partial charge in [-0.05, 0) is 57.7 Å². The van der Waals surface area contributed by atoms with Crippen molar-refractivity contribution in [3.8, 4) is 11.4 Å². The first-order valence-corrected chi connectivity index (χ1v) is 13.2. The smallest absolute Gasteiger partial charge is 0.283 e. The number of sulfonamides is 1. The van der Waals surface area contributed by atoms with Gasteiger partial charge in [0.05, 0.1) is 23.9 Å². The highest BCUT2D eigenvalue weighted by atomic mass is 32.2. The van der Waals surface area contributed by atoms with E-state index < -0.39 is 57.5 Å². The highest BCUT2D eigenvalue weighted by Crippen LogP contribution is 2.49. The van der Waals surface area contributed by atoms with E-state index in [1.165, 1.54) is 19.1 Å². The van der Waals surface area contributed by atoms with Crippen molar-refractivity contribution in [2.45, 2.75) is 65.0 Å². The third kappa shape index (κ3) is 5.06. The van der Waals surface area contributed by atoms with Gasteiger partial charge in [-0.15, -0.1) is 0 Å². The van der Waals surface area contributed by atoms with Crippen LogP contribution in [0.1, 0.15) is 43.6 Å². The van der Waals surface area contributed by atoms with E-state index in [-0.39, 0.29) is 23.4 Å². The molecule has 1 aromatic carbocycles. The molecular weight excluding hydrogens is 481 g/mol. The van der Waals surface area contributed by atoms with E-state index in [1.807, 2.05) is 0 Å². The Kier molecular flexibility index (Phi) is 6.46. The van der Waals surface area contributed by atoms with Crippen LogP contribution in [0.3, 0.4) is 0 Å². The zero-order chi connectivity index (χ0) is 25.8. The molecule has 35 heavy (non-hydrogen) atoms. The van der Waals surface area contributed by atoms with Gasteiger partial charge in [-0.3, -0.25) is 4.79 Å². The number of amides is 1. The maximum atomic E-state index is 15.7. The van der Waals surface area contributed by atoms with Crippen molar-refractivity contribution in [3.63, 3.8) is 0 Å². The summed E-state index contributed by atoms with van der Waals surface area (Å²) in [4.78, 5) is 22.8. The zero-order valence-corrected chi connectivity index (χ0v) is 20.9. The van der Waals surface area contributed by atoms with E-state index in [9.17, 15) is 13.2 Å². The van der Waals surface area contributed by atoms with Crippen LogP contribution in [-0.2, 0) is 21.2 Å². The van der Waals surface area contributed by atoms with Crippen LogP contribution in [0.2, 0.25) is 0 Å². The summed E-state index contributed by atoms with van der Waals surface area (Å²) in [6.45, 7) is 5.63. The molecule has 0 spiro atoms. The first-order chi connectivity index (χ1) is 16.3. The molecule has 2 fully saturated rings. The van der Waals surface area contributed by atoms with Crippen molar-refractivity contribution < 1.29 is 26.4 Å². The van der Waals surface area contributed by atoms with Gasteiger partial charge in [-0.25, -0.2) is 36.3 Å². The highest BCUT2D eigenvalue weighted by molar-refractivity contribution is 7.89. The summed E-state index contributed by atoms with van der Waals surface area (Å²) in [7, 11) is -4.02. The van der Waals surface area contributed by atoms with E-state index >= 15 is 13.2 Å². The molecule has 2 aromatic rings. The Labute approximate surface area is 203 Å². The van der Waals surface area contributed by atoms with Crippen LogP contribution in [0.25, 0.3) is 11.4 Å². The Balaban J connectivity index is 1.75. The van der Waals surface area contributed by atoms with Crippen molar-refractivity contribution in [2.24, 2.45) is 5.41 Å². The predicted molar refractivity (Wildman–Crippen MR) is 125 cm³/mol. The second-order valence-electron chi connectivity index (χ2n) is 9.78. The minimum absolute atomic E-state index is 0.0763. The number of nitrogens with one attached hydrogen (secondary N) is 1. The first kappa shape index (κ1) is 25.6. The molecule has 1 aromatic heterocycles. The van der Waals surface area contributed by atoms with E-state index in [2.05, 4.69) is 14.7 Å². The number of likely N-dealkylation sites (tertiary alicyclic amines) is 1. The second kappa shape index (κ2) is 8.85. The van der Waals surface area contributed by atoms with Crippen molar-refractivity contribution >= 4 is 15.9 Å². The molecular formula is C24H29F3N4O3S. The number of benzene rings is 1. The maximum absolute atomic E-state index is 15.7. The Bertz CT molecular complexity index is 1240. The molecule has 7 nitrogen and oxygen atoms in total. The number of halogens is 3. The molecule has 2 aliphatic rings. The number of nitrogens with zero attached hydrogens (tertiary/aromatic N) is 3. The van der Waals surface area contributed by atoms with Gasteiger partial charge in [0.15, 0.2) is 5.82 Å². The minimum atomic E-state index is -4.02. The van der Waals surface area contributed by atoms with Crippen LogP contribution < -0.4 is 4.72 Å². The number of carbonyl (C=O) groups is 1. The van der Waals surface area contributed by atoms with Crippen molar-refractivity contribution in [1.82, 2.24) is 19.6 Å². The lowest BCUT2D eigenvalue weighted by atomic mass is 9.96. The molecule has 190 valence electrons. The predicted octanol–water partition coefficient (Wildman–Crippen LogP) is 3.40. The number of aromatic nitrogens is 2. The van der Waals surface area contributed by atoms with Crippen molar-refractivity contribution in [1.29, 1.82) is 0 Å². The van der Waals surface area contributed by atoms with Crippen LogP contribution in [0.5, 0.6) is 0 Å². The first-order valence-electron chi connectivity index (χ1n) is 11.6.